The standard InChI is InChI=1S/C18H27N5S/c1-3-22(4-2)12-8-11-19-18(24)21-17-13-20-23(15-17)14-16-9-6-5-7-10-16/h5-7,9-10,13,15H,3-4,8,11-12,14H2,1-2H3,(H2,19,21,24). The third-order valence-corrected chi connectivity index (χ3v) is 4.16. The summed E-state index contributed by atoms with van der Waals surface area (Å²) < 4.78 is 1.90. The van der Waals surface area contributed by atoms with Crippen molar-refractivity contribution in [2.24, 2.45) is 0 Å². The Labute approximate surface area is 150 Å². The minimum Gasteiger partial charge on any atom is -0.362 e. The average molecular weight is 346 g/mol. The Balaban J connectivity index is 1.71. The molecule has 2 aromatic rings. The van der Waals surface area contributed by atoms with E-state index >= 15 is 0 Å². The van der Waals surface area contributed by atoms with Crippen LogP contribution in [0.4, 0.5) is 5.69 Å². The summed E-state index contributed by atoms with van der Waals surface area (Å²) in [6.45, 7) is 9.30. The van der Waals surface area contributed by atoms with Crippen molar-refractivity contribution in [3.05, 3.63) is 48.3 Å². The number of benzene rings is 1. The van der Waals surface area contributed by atoms with Crippen LogP contribution in [0.3, 0.4) is 0 Å². The third kappa shape index (κ3) is 6.29. The third-order valence-electron chi connectivity index (χ3n) is 3.91. The predicted molar refractivity (Wildman–Crippen MR) is 104 cm³/mol. The van der Waals surface area contributed by atoms with Gasteiger partial charge in [0, 0.05) is 12.7 Å². The molecule has 0 aliphatic carbocycles. The predicted octanol–water partition coefficient (Wildman–Crippen LogP) is 2.95. The molecule has 0 amide bonds. The number of aromatic nitrogens is 2. The Bertz CT molecular complexity index is 607. The molecular formula is C18H27N5S. The SMILES string of the molecule is CCN(CC)CCCNC(=S)Nc1cnn(Cc2ccccc2)c1. The zero-order valence-electron chi connectivity index (χ0n) is 14.5. The van der Waals surface area contributed by atoms with Crippen molar-refractivity contribution in [2.45, 2.75) is 26.8 Å². The van der Waals surface area contributed by atoms with Gasteiger partial charge in [-0.2, -0.15) is 5.10 Å². The molecule has 1 heterocycles. The molecule has 0 saturated heterocycles. The molecule has 0 aliphatic heterocycles. The molecule has 2 N–H and O–H groups in total. The zero-order valence-corrected chi connectivity index (χ0v) is 15.4. The second kappa shape index (κ2) is 10.1. The maximum absolute atomic E-state index is 5.34. The van der Waals surface area contributed by atoms with Gasteiger partial charge in [0.2, 0.25) is 0 Å². The molecule has 24 heavy (non-hydrogen) atoms. The summed E-state index contributed by atoms with van der Waals surface area (Å²) in [4.78, 5) is 2.41. The van der Waals surface area contributed by atoms with Gasteiger partial charge in [0.25, 0.3) is 0 Å². The Morgan fingerprint density at radius 3 is 2.67 bits per heavy atom. The summed E-state index contributed by atoms with van der Waals surface area (Å²) >= 11 is 5.34. The van der Waals surface area contributed by atoms with E-state index in [1.165, 1.54) is 5.56 Å². The molecule has 5 nitrogen and oxygen atoms in total. The van der Waals surface area contributed by atoms with Crippen LogP contribution in [0.1, 0.15) is 25.8 Å². The normalized spacial score (nSPS) is 10.8. The van der Waals surface area contributed by atoms with Crippen molar-refractivity contribution >= 4 is 23.0 Å². The Kier molecular flexibility index (Phi) is 7.71. The van der Waals surface area contributed by atoms with Crippen molar-refractivity contribution in [3.63, 3.8) is 0 Å². The summed E-state index contributed by atoms with van der Waals surface area (Å²) in [5.74, 6) is 0. The second-order valence-electron chi connectivity index (χ2n) is 5.67. The first-order valence-corrected chi connectivity index (χ1v) is 8.95. The molecule has 130 valence electrons. The van der Waals surface area contributed by atoms with Crippen molar-refractivity contribution in [1.82, 2.24) is 20.0 Å². The minimum absolute atomic E-state index is 0.647. The number of rotatable bonds is 9. The van der Waals surface area contributed by atoms with E-state index in [4.69, 9.17) is 12.2 Å². The van der Waals surface area contributed by atoms with E-state index < -0.39 is 0 Å². The summed E-state index contributed by atoms with van der Waals surface area (Å²) in [7, 11) is 0. The van der Waals surface area contributed by atoms with Crippen LogP contribution < -0.4 is 10.6 Å². The van der Waals surface area contributed by atoms with Gasteiger partial charge in [-0.25, -0.2) is 0 Å². The highest BCUT2D eigenvalue weighted by Crippen LogP contribution is 2.07. The number of thiocarbonyl (C=S) groups is 1. The Morgan fingerprint density at radius 2 is 1.96 bits per heavy atom. The van der Waals surface area contributed by atoms with Gasteiger partial charge in [0.15, 0.2) is 5.11 Å². The van der Waals surface area contributed by atoms with Crippen molar-refractivity contribution in [3.8, 4) is 0 Å². The molecule has 1 aromatic carbocycles. The van der Waals surface area contributed by atoms with Gasteiger partial charge in [-0.3, -0.25) is 4.68 Å². The van der Waals surface area contributed by atoms with E-state index in [-0.39, 0.29) is 0 Å². The molecule has 0 fully saturated rings. The van der Waals surface area contributed by atoms with Gasteiger partial charge in [-0.1, -0.05) is 44.2 Å². The lowest BCUT2D eigenvalue weighted by molar-refractivity contribution is 0.300. The summed E-state index contributed by atoms with van der Waals surface area (Å²) in [6.07, 6.45) is 4.85. The monoisotopic (exact) mass is 345 g/mol. The highest BCUT2D eigenvalue weighted by atomic mass is 32.1. The lowest BCUT2D eigenvalue weighted by Crippen LogP contribution is -2.32. The van der Waals surface area contributed by atoms with Crippen LogP contribution in [-0.4, -0.2) is 46.0 Å². The molecule has 0 saturated carbocycles. The first kappa shape index (κ1) is 18.4. The zero-order chi connectivity index (χ0) is 17.2. The fourth-order valence-electron chi connectivity index (χ4n) is 2.50. The first-order valence-electron chi connectivity index (χ1n) is 8.54. The van der Waals surface area contributed by atoms with Gasteiger partial charge in [0.1, 0.15) is 0 Å². The number of hydrogen-bond donors (Lipinski definition) is 2. The highest BCUT2D eigenvalue weighted by Gasteiger charge is 2.03. The van der Waals surface area contributed by atoms with Crippen LogP contribution in [-0.2, 0) is 6.54 Å². The number of hydrogen-bond acceptors (Lipinski definition) is 3. The molecule has 0 aliphatic rings. The molecule has 2 rings (SSSR count). The highest BCUT2D eigenvalue weighted by molar-refractivity contribution is 7.80. The van der Waals surface area contributed by atoms with Gasteiger partial charge in [-0.15, -0.1) is 0 Å². The average Bonchev–Trinajstić information content (AvgIpc) is 3.02. The van der Waals surface area contributed by atoms with E-state index in [0.29, 0.717) is 5.11 Å². The van der Waals surface area contributed by atoms with Crippen LogP contribution in [0, 0.1) is 0 Å². The fourth-order valence-corrected chi connectivity index (χ4v) is 2.72. The lowest BCUT2D eigenvalue weighted by Gasteiger charge is -2.18. The number of nitrogens with one attached hydrogen (secondary N) is 2. The number of anilines is 1. The summed E-state index contributed by atoms with van der Waals surface area (Å²) in [5.41, 5.74) is 2.14. The lowest BCUT2D eigenvalue weighted by atomic mass is 10.2. The molecule has 1 aromatic heterocycles. The molecular weight excluding hydrogens is 318 g/mol. The minimum atomic E-state index is 0.647. The second-order valence-corrected chi connectivity index (χ2v) is 6.08. The summed E-state index contributed by atoms with van der Waals surface area (Å²) in [5, 5.41) is 11.5. The largest absolute Gasteiger partial charge is 0.362 e. The number of nitrogens with zero attached hydrogens (tertiary/aromatic N) is 3. The van der Waals surface area contributed by atoms with E-state index in [0.717, 1.165) is 44.8 Å². The van der Waals surface area contributed by atoms with Crippen molar-refractivity contribution in [1.29, 1.82) is 0 Å². The molecule has 0 bridgehead atoms. The molecule has 6 heteroatoms. The van der Waals surface area contributed by atoms with Gasteiger partial charge >= 0.3 is 0 Å². The Hall–Kier alpha value is -1.92. The van der Waals surface area contributed by atoms with E-state index in [9.17, 15) is 0 Å². The van der Waals surface area contributed by atoms with E-state index in [1.54, 1.807) is 6.20 Å². The first-order chi connectivity index (χ1) is 11.7. The van der Waals surface area contributed by atoms with Crippen molar-refractivity contribution < 1.29 is 0 Å². The van der Waals surface area contributed by atoms with Crippen LogP contribution in [0.2, 0.25) is 0 Å². The van der Waals surface area contributed by atoms with Crippen LogP contribution in [0.15, 0.2) is 42.7 Å². The molecule has 0 atom stereocenters. The maximum Gasteiger partial charge on any atom is 0.170 e. The molecule has 0 unspecified atom stereocenters. The Morgan fingerprint density at radius 1 is 1.21 bits per heavy atom. The van der Waals surface area contributed by atoms with Gasteiger partial charge < -0.3 is 15.5 Å². The van der Waals surface area contributed by atoms with E-state index in [2.05, 4.69) is 46.6 Å². The fraction of sp³-hybridized carbons (Fsp3) is 0.444. The van der Waals surface area contributed by atoms with Crippen LogP contribution >= 0.6 is 12.2 Å². The quantitative estimate of drug-likeness (QED) is 0.540. The maximum atomic E-state index is 5.34. The van der Waals surface area contributed by atoms with E-state index in [1.807, 2.05) is 29.1 Å². The van der Waals surface area contributed by atoms with Gasteiger partial charge in [0.05, 0.1) is 18.4 Å². The molecule has 0 radical (unpaired) electrons. The van der Waals surface area contributed by atoms with Crippen LogP contribution in [0.5, 0.6) is 0 Å². The summed E-state index contributed by atoms with van der Waals surface area (Å²) in [6, 6.07) is 10.3. The topological polar surface area (TPSA) is 45.1 Å². The van der Waals surface area contributed by atoms with Crippen molar-refractivity contribution in [2.75, 3.05) is 31.5 Å². The van der Waals surface area contributed by atoms with Crippen LogP contribution in [0.25, 0.3) is 0 Å². The molecule has 0 spiro atoms. The smallest absolute Gasteiger partial charge is 0.170 e. The van der Waals surface area contributed by atoms with Gasteiger partial charge in [-0.05, 0) is 43.8 Å².